The SMILES string of the molecule is Cn1c(CCNc2ccc(S(=O)(=O)NC(=O)c3ccc4c(c3)CC[C@H]3CN(Cc5ccccc5-c5ccc(Cl)cc5)CCN43)cc2[N+](=O)[O-])nc2ccccc21. The Balaban J connectivity index is 0.905. The average Bonchev–Trinajstić information content (AvgIpc) is 3.52. The molecule has 0 saturated carbocycles. The third kappa shape index (κ3) is 7.57. The van der Waals surface area contributed by atoms with Crippen molar-refractivity contribution in [2.75, 3.05) is 36.4 Å². The second-order valence-electron chi connectivity index (χ2n) is 14.3. The number of sulfonamides is 1. The molecule has 3 heterocycles. The largest absolute Gasteiger partial charge is 0.379 e. The van der Waals surface area contributed by atoms with Gasteiger partial charge in [-0.2, -0.15) is 0 Å². The smallest absolute Gasteiger partial charge is 0.293 e. The lowest BCUT2D eigenvalue weighted by Crippen LogP contribution is -2.54. The van der Waals surface area contributed by atoms with Gasteiger partial charge in [0.15, 0.2) is 0 Å². The van der Waals surface area contributed by atoms with Crippen LogP contribution in [0.1, 0.15) is 33.7 Å². The second kappa shape index (κ2) is 15.4. The highest BCUT2D eigenvalue weighted by molar-refractivity contribution is 7.90. The molecule has 0 aliphatic carbocycles. The number of carbonyl (C=O) groups excluding carboxylic acids is 1. The quantitative estimate of drug-likeness (QED) is 0.103. The van der Waals surface area contributed by atoms with Crippen LogP contribution in [0.25, 0.3) is 22.2 Å². The maximum atomic E-state index is 13.4. The van der Waals surface area contributed by atoms with Gasteiger partial charge in [-0.05, 0) is 89.7 Å². The summed E-state index contributed by atoms with van der Waals surface area (Å²) in [5, 5.41) is 15.8. The predicted molar refractivity (Wildman–Crippen MR) is 219 cm³/mol. The summed E-state index contributed by atoms with van der Waals surface area (Å²) in [6.07, 6.45) is 2.13. The molecule has 0 radical (unpaired) electrons. The first-order chi connectivity index (χ1) is 27.0. The van der Waals surface area contributed by atoms with E-state index in [1.54, 1.807) is 12.1 Å². The van der Waals surface area contributed by atoms with E-state index in [1.807, 2.05) is 54.1 Å². The van der Waals surface area contributed by atoms with E-state index in [-0.39, 0.29) is 16.1 Å². The Hall–Kier alpha value is -5.76. The summed E-state index contributed by atoms with van der Waals surface area (Å²) in [5.74, 6) is 0.00259. The minimum absolute atomic E-state index is 0.163. The van der Waals surface area contributed by atoms with Gasteiger partial charge in [0.05, 0.1) is 20.9 Å². The van der Waals surface area contributed by atoms with E-state index < -0.39 is 26.5 Å². The Morgan fingerprint density at radius 2 is 1.75 bits per heavy atom. The van der Waals surface area contributed by atoms with E-state index in [4.69, 9.17) is 11.6 Å². The fourth-order valence-electron chi connectivity index (χ4n) is 7.91. The molecule has 1 saturated heterocycles. The van der Waals surface area contributed by atoms with Crippen LogP contribution in [0.3, 0.4) is 0 Å². The summed E-state index contributed by atoms with van der Waals surface area (Å²) in [6.45, 7) is 3.75. The molecule has 12 nitrogen and oxygen atoms in total. The van der Waals surface area contributed by atoms with Crippen LogP contribution < -0.4 is 14.9 Å². The first kappa shape index (κ1) is 37.2. The van der Waals surface area contributed by atoms with Crippen LogP contribution in [0.2, 0.25) is 5.02 Å². The minimum Gasteiger partial charge on any atom is -0.379 e. The molecule has 1 aromatic heterocycles. The van der Waals surface area contributed by atoms with Crippen molar-refractivity contribution in [3.05, 3.63) is 147 Å². The number of nitro groups is 1. The van der Waals surface area contributed by atoms with Gasteiger partial charge in [-0.1, -0.05) is 60.1 Å². The number of piperazine rings is 1. The molecular formula is C42H40ClN7O5S. The highest BCUT2D eigenvalue weighted by Gasteiger charge is 2.33. The number of imidazole rings is 1. The van der Waals surface area contributed by atoms with Crippen LogP contribution in [-0.2, 0) is 36.5 Å². The van der Waals surface area contributed by atoms with Gasteiger partial charge < -0.3 is 14.8 Å². The second-order valence-corrected chi connectivity index (χ2v) is 16.4. The Morgan fingerprint density at radius 3 is 2.55 bits per heavy atom. The number of nitrogens with one attached hydrogen (secondary N) is 2. The van der Waals surface area contributed by atoms with Crippen molar-refractivity contribution in [1.82, 2.24) is 19.2 Å². The van der Waals surface area contributed by atoms with Crippen LogP contribution in [-0.4, -0.2) is 65.9 Å². The average molecular weight is 790 g/mol. The normalized spacial score (nSPS) is 15.6. The standard InChI is InChI=1S/C42H40ClN7O5S/c1-47-39-9-5-4-8-37(39)45-41(47)20-21-44-36-18-17-34(25-40(36)50(52)53)56(54,55)46-42(51)30-13-19-38-29(24-30)12-16-33-27-48(22-23-49(33)38)26-31-6-2-3-7-35(31)28-10-14-32(43)15-11-28/h2-11,13-15,17-19,24-25,33,44H,12,16,20-23,26-27H2,1H3,(H,46,51)/t33-/m0/s1. The molecule has 6 aromatic rings. The first-order valence-electron chi connectivity index (χ1n) is 18.5. The lowest BCUT2D eigenvalue weighted by atomic mass is 9.92. The van der Waals surface area contributed by atoms with Crippen LogP contribution in [0, 0.1) is 10.1 Å². The number of nitrogens with zero attached hydrogens (tertiary/aromatic N) is 5. The molecule has 0 unspecified atom stereocenters. The van der Waals surface area contributed by atoms with Crippen molar-refractivity contribution in [3.8, 4) is 11.1 Å². The monoisotopic (exact) mass is 789 g/mol. The zero-order valence-corrected chi connectivity index (χ0v) is 32.3. The third-order valence-corrected chi connectivity index (χ3v) is 12.4. The topological polar surface area (TPSA) is 143 Å². The van der Waals surface area contributed by atoms with Crippen LogP contribution >= 0.6 is 11.6 Å². The van der Waals surface area contributed by atoms with Gasteiger partial charge in [0.1, 0.15) is 11.5 Å². The molecule has 2 aliphatic heterocycles. The summed E-state index contributed by atoms with van der Waals surface area (Å²) in [7, 11) is -2.52. The molecule has 2 N–H and O–H groups in total. The predicted octanol–water partition coefficient (Wildman–Crippen LogP) is 7.21. The zero-order chi connectivity index (χ0) is 39.0. The zero-order valence-electron chi connectivity index (χ0n) is 30.7. The summed E-state index contributed by atoms with van der Waals surface area (Å²) in [5.41, 5.74) is 7.42. The Kier molecular flexibility index (Phi) is 10.2. The molecule has 1 atom stereocenters. The molecule has 2 aliphatic rings. The Bertz CT molecular complexity index is 2580. The van der Waals surface area contributed by atoms with Gasteiger partial charge in [0.25, 0.3) is 21.6 Å². The van der Waals surface area contributed by atoms with E-state index in [2.05, 4.69) is 61.2 Å². The van der Waals surface area contributed by atoms with E-state index in [9.17, 15) is 23.3 Å². The van der Waals surface area contributed by atoms with E-state index in [1.165, 1.54) is 23.3 Å². The number of fused-ring (bicyclic) bond motifs is 4. The summed E-state index contributed by atoms with van der Waals surface area (Å²) >= 11 is 6.14. The highest BCUT2D eigenvalue weighted by atomic mass is 35.5. The summed E-state index contributed by atoms with van der Waals surface area (Å²) in [6, 6.07) is 33.3. The number of aryl methyl sites for hydroxylation is 2. The first-order valence-corrected chi connectivity index (χ1v) is 20.4. The number of carbonyl (C=O) groups is 1. The van der Waals surface area contributed by atoms with Crippen molar-refractivity contribution in [3.63, 3.8) is 0 Å². The van der Waals surface area contributed by atoms with Gasteiger partial charge in [-0.15, -0.1) is 0 Å². The lowest BCUT2D eigenvalue weighted by molar-refractivity contribution is -0.384. The fourth-order valence-corrected chi connectivity index (χ4v) is 9.03. The van der Waals surface area contributed by atoms with E-state index in [0.29, 0.717) is 24.0 Å². The fraction of sp³-hybridized carbons (Fsp3) is 0.238. The van der Waals surface area contributed by atoms with E-state index >= 15 is 0 Å². The van der Waals surface area contributed by atoms with Crippen LogP contribution in [0.4, 0.5) is 17.1 Å². The number of hydrogen-bond donors (Lipinski definition) is 2. The highest BCUT2D eigenvalue weighted by Crippen LogP contribution is 2.35. The number of aromatic nitrogens is 2. The molecule has 5 aromatic carbocycles. The molecule has 1 fully saturated rings. The van der Waals surface area contributed by atoms with Crippen molar-refractivity contribution >= 4 is 55.6 Å². The van der Waals surface area contributed by atoms with Gasteiger partial charge in [-0.25, -0.2) is 18.1 Å². The molecule has 286 valence electrons. The van der Waals surface area contributed by atoms with E-state index in [0.717, 1.165) is 78.8 Å². The van der Waals surface area contributed by atoms with Crippen LogP contribution in [0.15, 0.2) is 114 Å². The number of nitro benzene ring substituents is 1. The number of benzene rings is 5. The minimum atomic E-state index is -4.43. The Morgan fingerprint density at radius 1 is 0.964 bits per heavy atom. The van der Waals surface area contributed by atoms with Crippen molar-refractivity contribution in [1.29, 1.82) is 0 Å². The Labute approximate surface area is 329 Å². The molecular weight excluding hydrogens is 750 g/mol. The molecule has 56 heavy (non-hydrogen) atoms. The number of halogens is 1. The summed E-state index contributed by atoms with van der Waals surface area (Å²) in [4.78, 5) is 33.9. The molecule has 0 bridgehead atoms. The van der Waals surface area contributed by atoms with Gasteiger partial charge in [-0.3, -0.25) is 19.8 Å². The molecule has 14 heteroatoms. The number of hydrogen-bond acceptors (Lipinski definition) is 9. The maximum Gasteiger partial charge on any atom is 0.293 e. The van der Waals surface area contributed by atoms with Gasteiger partial charge >= 0.3 is 0 Å². The van der Waals surface area contributed by atoms with Gasteiger partial charge in [0.2, 0.25) is 0 Å². The number of anilines is 2. The maximum absolute atomic E-state index is 13.4. The van der Waals surface area contributed by atoms with Crippen molar-refractivity contribution in [2.45, 2.75) is 36.7 Å². The van der Waals surface area contributed by atoms with Crippen molar-refractivity contribution in [2.24, 2.45) is 7.05 Å². The van der Waals surface area contributed by atoms with Crippen LogP contribution in [0.5, 0.6) is 0 Å². The summed E-state index contributed by atoms with van der Waals surface area (Å²) < 4.78 is 30.8. The molecule has 0 spiro atoms. The lowest BCUT2D eigenvalue weighted by Gasteiger charge is -2.46. The molecule has 1 amide bonds. The number of para-hydroxylation sites is 2. The van der Waals surface area contributed by atoms with Gasteiger partial charge in [0, 0.05) is 74.6 Å². The number of rotatable bonds is 11. The third-order valence-electron chi connectivity index (χ3n) is 10.8. The van der Waals surface area contributed by atoms with Crippen molar-refractivity contribution < 1.29 is 18.1 Å². The molecule has 8 rings (SSSR count). The number of amides is 1.